The summed E-state index contributed by atoms with van der Waals surface area (Å²) in [5.74, 6) is -0.138. The summed E-state index contributed by atoms with van der Waals surface area (Å²) in [7, 11) is -5.34. The topological polar surface area (TPSA) is 66.5 Å². The molecular formula is C19H19F3N2O3S. The van der Waals surface area contributed by atoms with Crippen molar-refractivity contribution in [1.82, 2.24) is 5.32 Å². The maximum absolute atomic E-state index is 12.6. The normalized spacial score (nSPS) is 16.0. The van der Waals surface area contributed by atoms with Crippen molar-refractivity contribution in [3.05, 3.63) is 60.2 Å². The first-order valence-electron chi connectivity index (χ1n) is 8.71. The van der Waals surface area contributed by atoms with Gasteiger partial charge in [-0.3, -0.25) is 4.79 Å². The van der Waals surface area contributed by atoms with Crippen molar-refractivity contribution in [2.75, 3.05) is 18.0 Å². The van der Waals surface area contributed by atoms with Crippen molar-refractivity contribution in [1.29, 1.82) is 0 Å². The molecule has 1 saturated heterocycles. The lowest BCUT2D eigenvalue weighted by molar-refractivity contribution is -0.0436. The van der Waals surface area contributed by atoms with E-state index in [-0.39, 0.29) is 11.9 Å². The van der Waals surface area contributed by atoms with Crippen LogP contribution in [0.1, 0.15) is 23.2 Å². The van der Waals surface area contributed by atoms with Gasteiger partial charge in [0.2, 0.25) is 0 Å². The van der Waals surface area contributed by atoms with Crippen molar-refractivity contribution in [3.8, 4) is 0 Å². The van der Waals surface area contributed by atoms with Gasteiger partial charge in [0.25, 0.3) is 15.7 Å². The van der Waals surface area contributed by atoms with Crippen LogP contribution >= 0.6 is 0 Å². The number of nitrogens with one attached hydrogen (secondary N) is 1. The number of nitrogens with zero attached hydrogens (tertiary/aromatic N) is 1. The number of carbonyl (C=O) groups excluding carboxylic acids is 1. The molecule has 0 radical (unpaired) electrons. The summed E-state index contributed by atoms with van der Waals surface area (Å²) in [5, 5.41) is 2.98. The fourth-order valence-electron chi connectivity index (χ4n) is 3.11. The van der Waals surface area contributed by atoms with E-state index in [4.69, 9.17) is 0 Å². The van der Waals surface area contributed by atoms with Crippen LogP contribution in [0, 0.1) is 0 Å². The minimum Gasteiger partial charge on any atom is -0.371 e. The van der Waals surface area contributed by atoms with E-state index >= 15 is 0 Å². The van der Waals surface area contributed by atoms with E-state index in [0.29, 0.717) is 37.2 Å². The standard InChI is InChI=1S/C19H19F3N2O3S/c20-19(21,22)28(26,27)17-8-6-16(7-9-17)24-12-10-15(11-13-24)23-18(25)14-4-2-1-3-5-14/h1-9,15H,10-13H2,(H,23,25). The maximum atomic E-state index is 12.6. The van der Waals surface area contributed by atoms with E-state index in [0.717, 1.165) is 12.1 Å². The van der Waals surface area contributed by atoms with Gasteiger partial charge < -0.3 is 10.2 Å². The van der Waals surface area contributed by atoms with Crippen LogP contribution in [0.4, 0.5) is 18.9 Å². The van der Waals surface area contributed by atoms with Crippen LogP contribution in [0.3, 0.4) is 0 Å². The Morgan fingerprint density at radius 3 is 2.07 bits per heavy atom. The second kappa shape index (κ2) is 7.83. The van der Waals surface area contributed by atoms with Crippen molar-refractivity contribution in [3.63, 3.8) is 0 Å². The first-order chi connectivity index (χ1) is 13.2. The Hall–Kier alpha value is -2.55. The third kappa shape index (κ3) is 4.30. The molecule has 150 valence electrons. The second-order valence-corrected chi connectivity index (χ2v) is 8.49. The molecular weight excluding hydrogens is 393 g/mol. The Bertz CT molecular complexity index is 921. The molecule has 1 heterocycles. The van der Waals surface area contributed by atoms with E-state index in [1.807, 2.05) is 11.0 Å². The molecule has 1 aliphatic heterocycles. The molecule has 0 bridgehead atoms. The molecule has 0 aliphatic carbocycles. The SMILES string of the molecule is O=C(NC1CCN(c2ccc(S(=O)(=O)C(F)(F)F)cc2)CC1)c1ccccc1. The predicted molar refractivity (Wildman–Crippen MR) is 98.8 cm³/mol. The number of anilines is 1. The van der Waals surface area contributed by atoms with Crippen LogP contribution in [0.15, 0.2) is 59.5 Å². The molecule has 9 heteroatoms. The van der Waals surface area contributed by atoms with E-state index < -0.39 is 20.2 Å². The molecule has 1 N–H and O–H groups in total. The van der Waals surface area contributed by atoms with E-state index in [1.54, 1.807) is 24.3 Å². The maximum Gasteiger partial charge on any atom is 0.501 e. The molecule has 5 nitrogen and oxygen atoms in total. The second-order valence-electron chi connectivity index (χ2n) is 6.54. The molecule has 0 aromatic heterocycles. The lowest BCUT2D eigenvalue weighted by Gasteiger charge is -2.34. The zero-order valence-corrected chi connectivity index (χ0v) is 15.6. The summed E-state index contributed by atoms with van der Waals surface area (Å²) < 4.78 is 60.7. The van der Waals surface area contributed by atoms with Crippen LogP contribution in [0.25, 0.3) is 0 Å². The number of rotatable bonds is 4. The molecule has 1 fully saturated rings. The van der Waals surface area contributed by atoms with Crippen LogP contribution < -0.4 is 10.2 Å². The minimum absolute atomic E-state index is 0.00818. The van der Waals surface area contributed by atoms with Gasteiger partial charge in [-0.25, -0.2) is 8.42 Å². The molecule has 0 saturated carbocycles. The highest BCUT2D eigenvalue weighted by atomic mass is 32.2. The Morgan fingerprint density at radius 1 is 0.964 bits per heavy atom. The van der Waals surface area contributed by atoms with Crippen LogP contribution in [0.5, 0.6) is 0 Å². The number of sulfone groups is 1. The molecule has 1 aliphatic rings. The number of hydrogen-bond donors (Lipinski definition) is 1. The number of carbonyl (C=O) groups is 1. The van der Waals surface area contributed by atoms with Gasteiger partial charge >= 0.3 is 5.51 Å². The van der Waals surface area contributed by atoms with E-state index in [2.05, 4.69) is 5.32 Å². The highest BCUT2D eigenvalue weighted by Gasteiger charge is 2.46. The van der Waals surface area contributed by atoms with Gasteiger partial charge in [0.1, 0.15) is 0 Å². The van der Waals surface area contributed by atoms with Crippen molar-refractivity contribution in [2.45, 2.75) is 29.3 Å². The molecule has 2 aromatic carbocycles. The van der Waals surface area contributed by atoms with Gasteiger partial charge in [0.05, 0.1) is 4.90 Å². The molecule has 0 unspecified atom stereocenters. The molecule has 0 spiro atoms. The van der Waals surface area contributed by atoms with Gasteiger partial charge in [-0.05, 0) is 49.2 Å². The highest BCUT2D eigenvalue weighted by Crippen LogP contribution is 2.31. The first-order valence-corrected chi connectivity index (χ1v) is 10.2. The molecule has 1 amide bonds. The average molecular weight is 412 g/mol. The van der Waals surface area contributed by atoms with Gasteiger partial charge in [0, 0.05) is 30.4 Å². The van der Waals surface area contributed by atoms with Crippen molar-refractivity contribution >= 4 is 21.4 Å². The van der Waals surface area contributed by atoms with Gasteiger partial charge in [0.15, 0.2) is 0 Å². The summed E-state index contributed by atoms with van der Waals surface area (Å²) in [6.45, 7) is 1.20. The fourth-order valence-corrected chi connectivity index (χ4v) is 3.87. The fraction of sp³-hybridized carbons (Fsp3) is 0.316. The molecule has 3 rings (SSSR count). The van der Waals surface area contributed by atoms with Crippen LogP contribution in [-0.4, -0.2) is 39.0 Å². The zero-order chi connectivity index (χ0) is 20.4. The number of benzene rings is 2. The number of halogens is 3. The Balaban J connectivity index is 1.59. The van der Waals surface area contributed by atoms with E-state index in [9.17, 15) is 26.4 Å². The third-order valence-electron chi connectivity index (χ3n) is 4.68. The molecule has 0 atom stereocenters. The van der Waals surface area contributed by atoms with Gasteiger partial charge in [-0.15, -0.1) is 0 Å². The number of alkyl halides is 3. The quantitative estimate of drug-likeness (QED) is 0.836. The third-order valence-corrected chi connectivity index (χ3v) is 6.19. The molecule has 2 aromatic rings. The monoisotopic (exact) mass is 412 g/mol. The summed E-state index contributed by atoms with van der Waals surface area (Å²) in [5.41, 5.74) is -4.08. The Morgan fingerprint density at radius 2 is 1.54 bits per heavy atom. The minimum atomic E-state index is -5.34. The largest absolute Gasteiger partial charge is 0.501 e. The summed E-state index contributed by atoms with van der Waals surface area (Å²) in [6, 6.07) is 13.6. The van der Waals surface area contributed by atoms with Crippen LogP contribution in [0.2, 0.25) is 0 Å². The average Bonchev–Trinajstić information content (AvgIpc) is 2.68. The first kappa shape index (κ1) is 20.2. The highest BCUT2D eigenvalue weighted by molar-refractivity contribution is 7.92. The number of hydrogen-bond acceptors (Lipinski definition) is 4. The van der Waals surface area contributed by atoms with Gasteiger partial charge in [-0.2, -0.15) is 13.2 Å². The Kier molecular flexibility index (Phi) is 5.64. The molecule has 28 heavy (non-hydrogen) atoms. The Labute approximate surface area is 161 Å². The summed E-state index contributed by atoms with van der Waals surface area (Å²) in [6.07, 6.45) is 1.36. The number of piperidine rings is 1. The lowest BCUT2D eigenvalue weighted by atomic mass is 10.0. The van der Waals surface area contributed by atoms with Crippen molar-refractivity contribution < 1.29 is 26.4 Å². The predicted octanol–water partition coefficient (Wildman–Crippen LogP) is 3.38. The van der Waals surface area contributed by atoms with Gasteiger partial charge in [-0.1, -0.05) is 18.2 Å². The lowest BCUT2D eigenvalue weighted by Crippen LogP contribution is -2.44. The smallest absolute Gasteiger partial charge is 0.371 e. The summed E-state index contributed by atoms with van der Waals surface area (Å²) in [4.78, 5) is 13.4. The zero-order valence-electron chi connectivity index (χ0n) is 14.8. The van der Waals surface area contributed by atoms with E-state index in [1.165, 1.54) is 12.1 Å². The number of amides is 1. The van der Waals surface area contributed by atoms with Crippen molar-refractivity contribution in [2.24, 2.45) is 0 Å². The van der Waals surface area contributed by atoms with Crippen LogP contribution in [-0.2, 0) is 9.84 Å². The summed E-state index contributed by atoms with van der Waals surface area (Å²) >= 11 is 0.